The van der Waals surface area contributed by atoms with E-state index in [0.29, 0.717) is 12.5 Å². The number of hydrogen-bond acceptors (Lipinski definition) is 2. The number of carbonyl (C=O) groups excluding carboxylic acids is 2. The number of amides is 1. The van der Waals surface area contributed by atoms with Gasteiger partial charge >= 0.3 is 0 Å². The smallest absolute Gasteiger partial charge is 0.233 e. The Morgan fingerprint density at radius 3 is 2.60 bits per heavy atom. The zero-order valence-electron chi connectivity index (χ0n) is 12.1. The molecule has 1 amide bonds. The van der Waals surface area contributed by atoms with E-state index in [-0.39, 0.29) is 17.1 Å². The van der Waals surface area contributed by atoms with Gasteiger partial charge in [0.2, 0.25) is 5.91 Å². The van der Waals surface area contributed by atoms with E-state index < -0.39 is 5.41 Å². The summed E-state index contributed by atoms with van der Waals surface area (Å²) in [6.07, 6.45) is 2.46. The van der Waals surface area contributed by atoms with Crippen LogP contribution in [0, 0.1) is 16.7 Å². The van der Waals surface area contributed by atoms with Crippen molar-refractivity contribution >= 4 is 11.7 Å². The predicted molar refractivity (Wildman–Crippen MR) is 76.9 cm³/mol. The third-order valence-electron chi connectivity index (χ3n) is 5.29. The van der Waals surface area contributed by atoms with Gasteiger partial charge in [-0.1, -0.05) is 44.2 Å². The Labute approximate surface area is 119 Å². The van der Waals surface area contributed by atoms with Gasteiger partial charge in [0.05, 0.1) is 0 Å². The summed E-state index contributed by atoms with van der Waals surface area (Å²) in [5.74, 6) is 0.448. The first-order chi connectivity index (χ1) is 9.47. The minimum atomic E-state index is -0.747. The molecule has 2 fully saturated rings. The molecule has 2 saturated carbocycles. The van der Waals surface area contributed by atoms with Crippen LogP contribution in [0.25, 0.3) is 0 Å². The summed E-state index contributed by atoms with van der Waals surface area (Å²) < 4.78 is 0. The van der Waals surface area contributed by atoms with Crippen LogP contribution in [0.5, 0.6) is 0 Å². The molecule has 2 bridgehead atoms. The van der Waals surface area contributed by atoms with E-state index in [1.165, 1.54) is 0 Å². The molecule has 0 heterocycles. The average molecular weight is 271 g/mol. The van der Waals surface area contributed by atoms with Crippen molar-refractivity contribution in [3.63, 3.8) is 0 Å². The van der Waals surface area contributed by atoms with Gasteiger partial charge in [0.1, 0.15) is 5.41 Å². The van der Waals surface area contributed by atoms with E-state index in [1.807, 2.05) is 44.2 Å². The minimum absolute atomic E-state index is 0.0700. The standard InChI is InChI=1S/C17H21NO2/c1-16(2)13-8-9-17(10-13,14(16)19)15(20)18-11-12-6-4-3-5-7-12/h3-7,13H,8-11H2,1-2H3,(H,18,20)/t13-,17-/m0/s1. The van der Waals surface area contributed by atoms with Crippen LogP contribution in [0.4, 0.5) is 0 Å². The molecule has 0 unspecified atom stereocenters. The number of benzene rings is 1. The van der Waals surface area contributed by atoms with Crippen LogP contribution in [-0.4, -0.2) is 11.7 Å². The molecule has 106 valence electrons. The topological polar surface area (TPSA) is 46.2 Å². The number of fused-ring (bicyclic) bond motifs is 2. The van der Waals surface area contributed by atoms with Crippen molar-refractivity contribution in [2.75, 3.05) is 0 Å². The van der Waals surface area contributed by atoms with Gasteiger partial charge in [0, 0.05) is 12.0 Å². The summed E-state index contributed by atoms with van der Waals surface area (Å²) in [5, 5.41) is 2.97. The van der Waals surface area contributed by atoms with Crippen LogP contribution in [0.15, 0.2) is 30.3 Å². The number of hydrogen-bond donors (Lipinski definition) is 1. The van der Waals surface area contributed by atoms with Gasteiger partial charge in [-0.15, -0.1) is 0 Å². The molecule has 2 aliphatic carbocycles. The number of Topliss-reactive ketones (excluding diaryl/α,β-unsaturated/α-hetero) is 1. The second-order valence-electron chi connectivity index (χ2n) is 6.74. The van der Waals surface area contributed by atoms with Crippen molar-refractivity contribution in [1.29, 1.82) is 0 Å². The average Bonchev–Trinajstić information content (AvgIpc) is 2.98. The molecular formula is C17H21NO2. The highest BCUT2D eigenvalue weighted by Gasteiger charge is 2.64. The van der Waals surface area contributed by atoms with Crippen molar-refractivity contribution in [1.82, 2.24) is 5.32 Å². The van der Waals surface area contributed by atoms with Crippen molar-refractivity contribution in [3.8, 4) is 0 Å². The highest BCUT2D eigenvalue weighted by atomic mass is 16.2. The lowest BCUT2D eigenvalue weighted by atomic mass is 9.70. The van der Waals surface area contributed by atoms with Gasteiger partial charge in [-0.05, 0) is 30.7 Å². The molecule has 1 aromatic rings. The van der Waals surface area contributed by atoms with E-state index in [1.54, 1.807) is 0 Å². The van der Waals surface area contributed by atoms with Crippen LogP contribution in [0.2, 0.25) is 0 Å². The molecule has 20 heavy (non-hydrogen) atoms. The summed E-state index contributed by atoms with van der Waals surface area (Å²) in [7, 11) is 0. The summed E-state index contributed by atoms with van der Waals surface area (Å²) in [5.41, 5.74) is -0.0119. The third-order valence-corrected chi connectivity index (χ3v) is 5.29. The molecule has 2 atom stereocenters. The molecular weight excluding hydrogens is 250 g/mol. The zero-order valence-corrected chi connectivity index (χ0v) is 12.1. The maximum atomic E-state index is 12.6. The van der Waals surface area contributed by atoms with Crippen LogP contribution < -0.4 is 5.32 Å². The van der Waals surface area contributed by atoms with Gasteiger partial charge in [0.15, 0.2) is 5.78 Å². The van der Waals surface area contributed by atoms with E-state index >= 15 is 0 Å². The van der Waals surface area contributed by atoms with Crippen molar-refractivity contribution in [2.24, 2.45) is 16.7 Å². The summed E-state index contributed by atoms with van der Waals surface area (Å²) in [6.45, 7) is 4.48. The van der Waals surface area contributed by atoms with E-state index in [0.717, 1.165) is 24.8 Å². The number of carbonyl (C=O) groups is 2. The first-order valence-corrected chi connectivity index (χ1v) is 7.34. The predicted octanol–water partition coefficient (Wildman–Crippen LogP) is 2.70. The van der Waals surface area contributed by atoms with E-state index in [2.05, 4.69) is 5.32 Å². The fourth-order valence-electron chi connectivity index (χ4n) is 3.93. The Morgan fingerprint density at radius 1 is 1.30 bits per heavy atom. The van der Waals surface area contributed by atoms with Crippen LogP contribution >= 0.6 is 0 Å². The fourth-order valence-corrected chi connectivity index (χ4v) is 3.93. The lowest BCUT2D eigenvalue weighted by Crippen LogP contribution is -2.47. The summed E-state index contributed by atoms with van der Waals surface area (Å²) in [6, 6.07) is 9.82. The molecule has 3 nitrogen and oxygen atoms in total. The first-order valence-electron chi connectivity index (χ1n) is 7.34. The van der Waals surface area contributed by atoms with Gasteiger partial charge in [-0.25, -0.2) is 0 Å². The third kappa shape index (κ3) is 1.80. The Morgan fingerprint density at radius 2 is 2.00 bits per heavy atom. The van der Waals surface area contributed by atoms with Crippen molar-refractivity contribution in [3.05, 3.63) is 35.9 Å². The molecule has 0 radical (unpaired) electrons. The second-order valence-corrected chi connectivity index (χ2v) is 6.74. The van der Waals surface area contributed by atoms with Crippen LogP contribution in [0.3, 0.4) is 0 Å². The van der Waals surface area contributed by atoms with Crippen LogP contribution in [0.1, 0.15) is 38.7 Å². The Balaban J connectivity index is 1.73. The van der Waals surface area contributed by atoms with E-state index in [9.17, 15) is 9.59 Å². The highest BCUT2D eigenvalue weighted by Crippen LogP contribution is 2.60. The maximum Gasteiger partial charge on any atom is 0.233 e. The molecule has 0 aromatic heterocycles. The molecule has 1 N–H and O–H groups in total. The Bertz CT molecular complexity index is 549. The molecule has 0 aliphatic heterocycles. The van der Waals surface area contributed by atoms with E-state index in [4.69, 9.17) is 0 Å². The van der Waals surface area contributed by atoms with Crippen molar-refractivity contribution in [2.45, 2.75) is 39.7 Å². The lowest BCUT2D eigenvalue weighted by molar-refractivity contribution is -0.145. The fraction of sp³-hybridized carbons (Fsp3) is 0.529. The number of rotatable bonds is 3. The number of ketones is 1. The summed E-state index contributed by atoms with van der Waals surface area (Å²) >= 11 is 0. The zero-order chi connectivity index (χ0) is 14.4. The molecule has 1 aromatic carbocycles. The Hall–Kier alpha value is -1.64. The van der Waals surface area contributed by atoms with Gasteiger partial charge < -0.3 is 5.32 Å². The van der Waals surface area contributed by atoms with Gasteiger partial charge in [-0.2, -0.15) is 0 Å². The monoisotopic (exact) mass is 271 g/mol. The molecule has 0 saturated heterocycles. The SMILES string of the molecule is CC1(C)C(=O)[C@]2(C(=O)NCc3ccccc3)CC[C@H]1C2. The van der Waals surface area contributed by atoms with Gasteiger partial charge in [-0.3, -0.25) is 9.59 Å². The normalized spacial score (nSPS) is 30.5. The lowest BCUT2D eigenvalue weighted by Gasteiger charge is -2.32. The molecule has 2 aliphatic rings. The minimum Gasteiger partial charge on any atom is -0.351 e. The quantitative estimate of drug-likeness (QED) is 0.859. The van der Waals surface area contributed by atoms with Crippen LogP contribution in [-0.2, 0) is 16.1 Å². The Kier molecular flexibility index (Phi) is 2.96. The maximum absolute atomic E-state index is 12.6. The molecule has 0 spiro atoms. The van der Waals surface area contributed by atoms with Gasteiger partial charge in [0.25, 0.3) is 0 Å². The highest BCUT2D eigenvalue weighted by molar-refractivity contribution is 6.10. The first kappa shape index (κ1) is 13.3. The number of nitrogens with one attached hydrogen (secondary N) is 1. The molecule has 3 rings (SSSR count). The largest absolute Gasteiger partial charge is 0.351 e. The van der Waals surface area contributed by atoms with Crippen molar-refractivity contribution < 1.29 is 9.59 Å². The summed E-state index contributed by atoms with van der Waals surface area (Å²) in [4.78, 5) is 25.2. The molecule has 3 heteroatoms. The second kappa shape index (κ2) is 4.44.